The van der Waals surface area contributed by atoms with Crippen LogP contribution in [0.2, 0.25) is 0 Å². The van der Waals surface area contributed by atoms with Gasteiger partial charge in [0.1, 0.15) is 0 Å². The molecule has 2 unspecified atom stereocenters. The molecule has 2 aliphatic heterocycles. The third kappa shape index (κ3) is 2.89. The fraction of sp³-hybridized carbons (Fsp3) is 0.176. The molecule has 3 heterocycles. The number of nitrogens with zero attached hydrogens (tertiary/aromatic N) is 3. The maximum Gasteiger partial charge on any atom is 0.256 e. The average Bonchev–Trinajstić information content (AvgIpc) is 3.22. The van der Waals surface area contributed by atoms with Gasteiger partial charge in [0.05, 0.1) is 28.5 Å². The predicted octanol–water partition coefficient (Wildman–Crippen LogP) is 3.18. The lowest BCUT2D eigenvalue weighted by molar-refractivity contribution is -0.115. The lowest BCUT2D eigenvalue weighted by Gasteiger charge is -2.20. The van der Waals surface area contributed by atoms with E-state index in [0.717, 1.165) is 26.4 Å². The molecular formula is C17H13BrN4OS. The number of halogens is 1. The summed E-state index contributed by atoms with van der Waals surface area (Å²) in [5, 5.41) is 5.37. The largest absolute Gasteiger partial charge is 0.301 e. The van der Waals surface area contributed by atoms with Gasteiger partial charge in [-0.1, -0.05) is 39.8 Å². The highest BCUT2D eigenvalue weighted by atomic mass is 79.9. The summed E-state index contributed by atoms with van der Waals surface area (Å²) in [4.78, 5) is 20.1. The molecular weight excluding hydrogens is 388 g/mol. The summed E-state index contributed by atoms with van der Waals surface area (Å²) in [5.74, 6) is 0.230. The molecule has 0 aliphatic carbocycles. The first-order valence-electron chi connectivity index (χ1n) is 7.45. The molecule has 0 spiro atoms. The minimum absolute atomic E-state index is 0.0505. The van der Waals surface area contributed by atoms with E-state index < -0.39 is 0 Å². The first kappa shape index (κ1) is 15.5. The second-order valence-corrected chi connectivity index (χ2v) is 7.42. The van der Waals surface area contributed by atoms with Crippen molar-refractivity contribution in [2.24, 2.45) is 16.0 Å². The van der Waals surface area contributed by atoms with Gasteiger partial charge in [-0.15, -0.1) is 0 Å². The number of carbonyl (C=O) groups excluding carboxylic acids is 1. The van der Waals surface area contributed by atoms with Crippen LogP contribution in [0.25, 0.3) is 0 Å². The molecule has 1 aromatic carbocycles. The van der Waals surface area contributed by atoms with Crippen LogP contribution in [-0.4, -0.2) is 27.4 Å². The van der Waals surface area contributed by atoms with E-state index in [9.17, 15) is 4.79 Å². The SMILES string of the molecule is O=C1CSC(C2C(c3cccnc3)=NNC2c2ccc(Br)cc2)=N1. The van der Waals surface area contributed by atoms with E-state index in [2.05, 4.69) is 48.6 Å². The number of carbonyl (C=O) groups is 1. The van der Waals surface area contributed by atoms with Crippen LogP contribution < -0.4 is 5.43 Å². The number of hydrazone groups is 1. The minimum atomic E-state index is -0.0909. The molecule has 0 bridgehead atoms. The Kier molecular flexibility index (Phi) is 4.20. The van der Waals surface area contributed by atoms with E-state index in [0.29, 0.717) is 5.75 Å². The van der Waals surface area contributed by atoms with E-state index in [4.69, 9.17) is 0 Å². The van der Waals surface area contributed by atoms with Gasteiger partial charge < -0.3 is 5.43 Å². The topological polar surface area (TPSA) is 66.7 Å². The zero-order valence-corrected chi connectivity index (χ0v) is 14.9. The first-order chi connectivity index (χ1) is 11.7. The molecule has 0 radical (unpaired) electrons. The Morgan fingerprint density at radius 1 is 1.21 bits per heavy atom. The van der Waals surface area contributed by atoms with Crippen molar-refractivity contribution >= 4 is 44.4 Å². The third-order valence-electron chi connectivity index (χ3n) is 3.98. The van der Waals surface area contributed by atoms with Crippen molar-refractivity contribution in [1.82, 2.24) is 10.4 Å². The number of aromatic nitrogens is 1. The lowest BCUT2D eigenvalue weighted by Crippen LogP contribution is -2.27. The molecule has 0 saturated carbocycles. The zero-order chi connectivity index (χ0) is 16.5. The van der Waals surface area contributed by atoms with Crippen molar-refractivity contribution < 1.29 is 4.79 Å². The Labute approximate surface area is 151 Å². The summed E-state index contributed by atoms with van der Waals surface area (Å²) in [6.07, 6.45) is 3.53. The molecule has 5 nitrogen and oxygen atoms in total. The third-order valence-corrected chi connectivity index (χ3v) is 5.54. The number of nitrogens with one attached hydrogen (secondary N) is 1. The van der Waals surface area contributed by atoms with Crippen molar-refractivity contribution in [3.63, 3.8) is 0 Å². The normalized spacial score (nSPS) is 23.0. The van der Waals surface area contributed by atoms with Crippen LogP contribution in [0.1, 0.15) is 17.2 Å². The first-order valence-corrected chi connectivity index (χ1v) is 9.23. The number of amides is 1. The quantitative estimate of drug-likeness (QED) is 0.858. The van der Waals surface area contributed by atoms with Crippen LogP contribution in [-0.2, 0) is 4.79 Å². The van der Waals surface area contributed by atoms with E-state index in [1.807, 2.05) is 24.3 Å². The second kappa shape index (κ2) is 6.49. The minimum Gasteiger partial charge on any atom is -0.301 e. The van der Waals surface area contributed by atoms with Gasteiger partial charge in [-0.25, -0.2) is 4.99 Å². The summed E-state index contributed by atoms with van der Waals surface area (Å²) in [6.45, 7) is 0. The van der Waals surface area contributed by atoms with Crippen LogP contribution in [0.15, 0.2) is 63.4 Å². The maximum atomic E-state index is 11.7. The number of thioether (sulfide) groups is 1. The van der Waals surface area contributed by atoms with Crippen LogP contribution in [0.3, 0.4) is 0 Å². The molecule has 2 aromatic rings. The van der Waals surface area contributed by atoms with Crippen LogP contribution in [0.4, 0.5) is 0 Å². The van der Waals surface area contributed by atoms with Crippen LogP contribution in [0, 0.1) is 5.92 Å². The van der Waals surface area contributed by atoms with E-state index in [1.54, 1.807) is 12.4 Å². The van der Waals surface area contributed by atoms with Crippen molar-refractivity contribution in [3.05, 3.63) is 64.4 Å². The summed E-state index contributed by atoms with van der Waals surface area (Å²) in [7, 11) is 0. The zero-order valence-electron chi connectivity index (χ0n) is 12.5. The number of benzene rings is 1. The molecule has 7 heteroatoms. The number of aliphatic imine (C=N–C) groups is 1. The Hall–Kier alpha value is -1.99. The molecule has 2 aliphatic rings. The predicted molar refractivity (Wildman–Crippen MR) is 99.2 cm³/mol. The summed E-state index contributed by atoms with van der Waals surface area (Å²) in [5.41, 5.74) is 6.14. The lowest BCUT2D eigenvalue weighted by atomic mass is 9.88. The van der Waals surface area contributed by atoms with Gasteiger partial charge in [0.2, 0.25) is 0 Å². The molecule has 0 saturated heterocycles. The molecule has 4 rings (SSSR count). The standard InChI is InChI=1S/C17H13BrN4OS/c18-12-5-3-10(4-6-12)15-14(17-20-13(23)9-24-17)16(22-21-15)11-2-1-7-19-8-11/h1-8,14-15,21H,9H2. The van der Waals surface area contributed by atoms with E-state index in [-0.39, 0.29) is 17.9 Å². The smallest absolute Gasteiger partial charge is 0.256 e. The van der Waals surface area contributed by atoms with Crippen molar-refractivity contribution in [2.45, 2.75) is 6.04 Å². The van der Waals surface area contributed by atoms with Crippen molar-refractivity contribution in [1.29, 1.82) is 0 Å². The monoisotopic (exact) mass is 400 g/mol. The molecule has 120 valence electrons. The Balaban J connectivity index is 1.75. The number of pyridine rings is 1. The fourth-order valence-electron chi connectivity index (χ4n) is 2.88. The molecule has 2 atom stereocenters. The highest BCUT2D eigenvalue weighted by molar-refractivity contribution is 9.10. The van der Waals surface area contributed by atoms with Crippen LogP contribution in [0.5, 0.6) is 0 Å². The highest BCUT2D eigenvalue weighted by Gasteiger charge is 2.39. The maximum absolute atomic E-state index is 11.7. The van der Waals surface area contributed by atoms with Crippen molar-refractivity contribution in [3.8, 4) is 0 Å². The molecule has 24 heavy (non-hydrogen) atoms. The summed E-state index contributed by atoms with van der Waals surface area (Å²) < 4.78 is 1.02. The summed E-state index contributed by atoms with van der Waals surface area (Å²) in [6, 6.07) is 11.9. The van der Waals surface area contributed by atoms with E-state index >= 15 is 0 Å². The Morgan fingerprint density at radius 3 is 2.71 bits per heavy atom. The second-order valence-electron chi connectivity index (χ2n) is 5.51. The molecule has 0 fully saturated rings. The van der Waals surface area contributed by atoms with Gasteiger partial charge in [0.15, 0.2) is 0 Å². The average molecular weight is 401 g/mol. The molecule has 1 N–H and O–H groups in total. The van der Waals surface area contributed by atoms with Crippen molar-refractivity contribution in [2.75, 3.05) is 5.75 Å². The molecule has 1 aromatic heterocycles. The number of rotatable bonds is 3. The van der Waals surface area contributed by atoms with Gasteiger partial charge in [0.25, 0.3) is 5.91 Å². The van der Waals surface area contributed by atoms with Gasteiger partial charge in [0, 0.05) is 22.4 Å². The van der Waals surface area contributed by atoms with Gasteiger partial charge >= 0.3 is 0 Å². The Morgan fingerprint density at radius 2 is 2.04 bits per heavy atom. The summed E-state index contributed by atoms with van der Waals surface area (Å²) >= 11 is 4.96. The molecule has 1 amide bonds. The van der Waals surface area contributed by atoms with Crippen LogP contribution >= 0.6 is 27.7 Å². The van der Waals surface area contributed by atoms with Gasteiger partial charge in [-0.05, 0) is 29.8 Å². The highest BCUT2D eigenvalue weighted by Crippen LogP contribution is 2.36. The fourth-order valence-corrected chi connectivity index (χ4v) is 4.07. The Bertz CT molecular complexity index is 835. The number of hydrogen-bond donors (Lipinski definition) is 1. The van der Waals surface area contributed by atoms with Gasteiger partial charge in [-0.2, -0.15) is 5.10 Å². The van der Waals surface area contributed by atoms with E-state index in [1.165, 1.54) is 11.8 Å². The van der Waals surface area contributed by atoms with Gasteiger partial charge in [-0.3, -0.25) is 9.78 Å². The number of hydrogen-bond acceptors (Lipinski definition) is 5.